The summed E-state index contributed by atoms with van der Waals surface area (Å²) in [6, 6.07) is 11.0. The Balaban J connectivity index is 1.92. The first kappa shape index (κ1) is 14.8. The zero-order valence-corrected chi connectivity index (χ0v) is 12.0. The fraction of sp³-hybridized carbons (Fsp3) is 0.267. The summed E-state index contributed by atoms with van der Waals surface area (Å²) >= 11 is 0. The fourth-order valence-electron chi connectivity index (χ4n) is 1.72. The molecule has 0 aliphatic carbocycles. The molecule has 0 spiro atoms. The Kier molecular flexibility index (Phi) is 4.71. The molecule has 6 nitrogen and oxygen atoms in total. The maximum Gasteiger partial charge on any atom is 0.289 e. The molecule has 6 heteroatoms. The van der Waals surface area contributed by atoms with Gasteiger partial charge in [0, 0.05) is 38.7 Å². The van der Waals surface area contributed by atoms with Crippen LogP contribution >= 0.6 is 0 Å². The average Bonchev–Trinajstić information content (AvgIpc) is 2.97. The molecule has 0 unspecified atom stereocenters. The van der Waals surface area contributed by atoms with Crippen LogP contribution in [0.5, 0.6) is 0 Å². The molecular formula is C15H17N3O3. The van der Waals surface area contributed by atoms with E-state index in [1.54, 1.807) is 20.2 Å². The Morgan fingerprint density at radius 1 is 1.24 bits per heavy atom. The molecule has 21 heavy (non-hydrogen) atoms. The molecule has 1 aromatic heterocycles. The Morgan fingerprint density at radius 2 is 1.95 bits per heavy atom. The second-order valence-corrected chi connectivity index (χ2v) is 4.74. The molecule has 2 aromatic rings. The van der Waals surface area contributed by atoms with E-state index in [1.807, 2.05) is 30.3 Å². The zero-order chi connectivity index (χ0) is 15.2. The number of hydrogen-bond acceptors (Lipinski definition) is 4. The van der Waals surface area contributed by atoms with Crippen molar-refractivity contribution in [2.24, 2.45) is 0 Å². The lowest BCUT2D eigenvalue weighted by molar-refractivity contribution is -0.128. The third-order valence-corrected chi connectivity index (χ3v) is 2.93. The molecule has 2 rings (SSSR count). The van der Waals surface area contributed by atoms with E-state index in [2.05, 4.69) is 10.5 Å². The smallest absolute Gasteiger partial charge is 0.289 e. The molecule has 2 amide bonds. The molecule has 1 N–H and O–H groups in total. The van der Waals surface area contributed by atoms with Gasteiger partial charge in [-0.15, -0.1) is 0 Å². The second kappa shape index (κ2) is 6.69. The van der Waals surface area contributed by atoms with E-state index in [4.69, 9.17) is 4.52 Å². The lowest BCUT2D eigenvalue weighted by Crippen LogP contribution is -2.29. The highest BCUT2D eigenvalue weighted by atomic mass is 16.5. The summed E-state index contributed by atoms with van der Waals surface area (Å²) in [6.07, 6.45) is 0.248. The minimum Gasteiger partial charge on any atom is -0.350 e. The highest BCUT2D eigenvalue weighted by Gasteiger charge is 2.14. The van der Waals surface area contributed by atoms with Gasteiger partial charge >= 0.3 is 0 Å². The van der Waals surface area contributed by atoms with Crippen molar-refractivity contribution in [3.63, 3.8) is 0 Å². The highest BCUT2D eigenvalue weighted by molar-refractivity contribution is 5.92. The summed E-state index contributed by atoms with van der Waals surface area (Å²) in [4.78, 5) is 24.7. The number of hydrogen-bond donors (Lipinski definition) is 1. The Morgan fingerprint density at radius 3 is 2.62 bits per heavy atom. The molecular weight excluding hydrogens is 270 g/mol. The molecule has 0 radical (unpaired) electrons. The van der Waals surface area contributed by atoms with Crippen molar-refractivity contribution in [1.29, 1.82) is 0 Å². The van der Waals surface area contributed by atoms with Crippen LogP contribution in [-0.2, 0) is 4.79 Å². The van der Waals surface area contributed by atoms with Crippen LogP contribution in [0.3, 0.4) is 0 Å². The summed E-state index contributed by atoms with van der Waals surface area (Å²) in [5.41, 5.74) is 1.48. The van der Waals surface area contributed by atoms with Gasteiger partial charge in [0.05, 0.1) is 0 Å². The van der Waals surface area contributed by atoms with Crippen LogP contribution in [0.1, 0.15) is 17.0 Å². The minimum absolute atomic E-state index is 0.0437. The predicted molar refractivity (Wildman–Crippen MR) is 77.6 cm³/mol. The number of carbonyl (C=O) groups is 2. The molecule has 0 saturated carbocycles. The van der Waals surface area contributed by atoms with E-state index in [1.165, 1.54) is 4.90 Å². The van der Waals surface area contributed by atoms with E-state index < -0.39 is 0 Å². The van der Waals surface area contributed by atoms with Crippen LogP contribution in [0.15, 0.2) is 40.9 Å². The molecule has 0 aliphatic rings. The summed E-state index contributed by atoms with van der Waals surface area (Å²) < 4.78 is 5.03. The van der Waals surface area contributed by atoms with Gasteiger partial charge in [0.15, 0.2) is 0 Å². The summed E-state index contributed by atoms with van der Waals surface area (Å²) in [5.74, 6) is -0.291. The first-order chi connectivity index (χ1) is 10.1. The molecule has 0 fully saturated rings. The summed E-state index contributed by atoms with van der Waals surface area (Å²) in [6.45, 7) is 0.261. The molecule has 1 heterocycles. The third-order valence-electron chi connectivity index (χ3n) is 2.93. The predicted octanol–water partition coefficient (Wildman–Crippen LogP) is 1.55. The number of amides is 2. The van der Waals surface area contributed by atoms with Crippen LogP contribution in [0.2, 0.25) is 0 Å². The van der Waals surface area contributed by atoms with Crippen molar-refractivity contribution >= 4 is 11.8 Å². The molecule has 110 valence electrons. The van der Waals surface area contributed by atoms with E-state index in [-0.39, 0.29) is 30.5 Å². The maximum absolute atomic E-state index is 11.9. The number of carbonyl (C=O) groups excluding carboxylic acids is 2. The van der Waals surface area contributed by atoms with Gasteiger partial charge in [-0.05, 0) is 0 Å². The number of nitrogens with zero attached hydrogens (tertiary/aromatic N) is 2. The largest absolute Gasteiger partial charge is 0.350 e. The van der Waals surface area contributed by atoms with Crippen molar-refractivity contribution in [2.75, 3.05) is 20.6 Å². The number of benzene rings is 1. The number of rotatable bonds is 5. The molecule has 1 aromatic carbocycles. The third kappa shape index (κ3) is 3.92. The van der Waals surface area contributed by atoms with E-state index in [0.29, 0.717) is 5.69 Å². The van der Waals surface area contributed by atoms with Crippen molar-refractivity contribution in [3.05, 3.63) is 42.2 Å². The van der Waals surface area contributed by atoms with Gasteiger partial charge in [0.25, 0.3) is 5.91 Å². The maximum atomic E-state index is 11.9. The Bertz CT molecular complexity index is 620. The van der Waals surface area contributed by atoms with Gasteiger partial charge in [0.2, 0.25) is 11.7 Å². The van der Waals surface area contributed by atoms with Gasteiger partial charge in [0.1, 0.15) is 5.69 Å². The summed E-state index contributed by atoms with van der Waals surface area (Å²) in [5, 5.41) is 6.50. The monoisotopic (exact) mass is 287 g/mol. The van der Waals surface area contributed by atoms with Gasteiger partial charge in [-0.2, -0.15) is 0 Å². The van der Waals surface area contributed by atoms with Crippen LogP contribution in [-0.4, -0.2) is 42.5 Å². The van der Waals surface area contributed by atoms with E-state index in [9.17, 15) is 9.59 Å². The lowest BCUT2D eigenvalue weighted by Gasteiger charge is -2.09. The van der Waals surface area contributed by atoms with Crippen LogP contribution in [0.25, 0.3) is 11.3 Å². The Labute approximate surface area is 122 Å². The first-order valence-corrected chi connectivity index (χ1v) is 6.58. The van der Waals surface area contributed by atoms with E-state index in [0.717, 1.165) is 5.56 Å². The average molecular weight is 287 g/mol. The standard InChI is InChI=1S/C15H17N3O3/c1-18(2)14(19)8-9-16-15(20)13-10-12(17-21-13)11-6-4-3-5-7-11/h3-7,10H,8-9H2,1-2H3,(H,16,20). The molecule has 0 atom stereocenters. The van der Waals surface area contributed by atoms with Gasteiger partial charge in [-0.3, -0.25) is 9.59 Å². The molecule has 0 saturated heterocycles. The minimum atomic E-state index is -0.378. The Hall–Kier alpha value is -2.63. The van der Waals surface area contributed by atoms with Crippen molar-refractivity contribution in [3.8, 4) is 11.3 Å². The SMILES string of the molecule is CN(C)C(=O)CCNC(=O)c1cc(-c2ccccc2)no1. The number of nitrogens with one attached hydrogen (secondary N) is 1. The van der Waals surface area contributed by atoms with Crippen LogP contribution in [0, 0.1) is 0 Å². The first-order valence-electron chi connectivity index (χ1n) is 6.58. The second-order valence-electron chi connectivity index (χ2n) is 4.74. The highest BCUT2D eigenvalue weighted by Crippen LogP contribution is 2.18. The molecule has 0 aliphatic heterocycles. The normalized spacial score (nSPS) is 10.2. The van der Waals surface area contributed by atoms with Crippen molar-refractivity contribution < 1.29 is 14.1 Å². The van der Waals surface area contributed by atoms with Crippen LogP contribution < -0.4 is 5.32 Å². The topological polar surface area (TPSA) is 75.4 Å². The van der Waals surface area contributed by atoms with Gasteiger partial charge < -0.3 is 14.7 Å². The van der Waals surface area contributed by atoms with E-state index >= 15 is 0 Å². The summed E-state index contributed by atoms with van der Waals surface area (Å²) in [7, 11) is 3.35. The van der Waals surface area contributed by atoms with Crippen molar-refractivity contribution in [2.45, 2.75) is 6.42 Å². The van der Waals surface area contributed by atoms with Crippen LogP contribution in [0.4, 0.5) is 0 Å². The quantitative estimate of drug-likeness (QED) is 0.905. The van der Waals surface area contributed by atoms with Crippen molar-refractivity contribution in [1.82, 2.24) is 15.4 Å². The fourth-order valence-corrected chi connectivity index (χ4v) is 1.72. The number of aromatic nitrogens is 1. The molecule has 0 bridgehead atoms. The zero-order valence-electron chi connectivity index (χ0n) is 12.0. The van der Waals surface area contributed by atoms with Gasteiger partial charge in [-0.25, -0.2) is 0 Å². The lowest BCUT2D eigenvalue weighted by atomic mass is 10.1. The van der Waals surface area contributed by atoms with Gasteiger partial charge in [-0.1, -0.05) is 35.5 Å².